The molecule has 0 radical (unpaired) electrons. The van der Waals surface area contributed by atoms with Crippen LogP contribution in [0.3, 0.4) is 0 Å². The van der Waals surface area contributed by atoms with Gasteiger partial charge in [-0.05, 0) is 47.8 Å². The Labute approximate surface area is 169 Å². The molecule has 0 aromatic heterocycles. The largest absolute Gasteiger partial charge is 0.478 e. The van der Waals surface area contributed by atoms with E-state index in [-0.39, 0.29) is 0 Å². The monoisotopic (exact) mass is 386 g/mol. The van der Waals surface area contributed by atoms with E-state index in [1.54, 1.807) is 18.2 Å². The highest BCUT2D eigenvalue weighted by molar-refractivity contribution is 5.87. The number of hydrogen-bond donors (Lipinski definition) is 2. The van der Waals surface area contributed by atoms with Gasteiger partial charge in [0.1, 0.15) is 0 Å². The van der Waals surface area contributed by atoms with Gasteiger partial charge in [-0.25, -0.2) is 9.59 Å². The summed E-state index contributed by atoms with van der Waals surface area (Å²) in [7, 11) is 0. The first kappa shape index (κ1) is 23.7. The molecule has 0 bridgehead atoms. The lowest BCUT2D eigenvalue weighted by atomic mass is 9.99. The van der Waals surface area contributed by atoms with Gasteiger partial charge in [0, 0.05) is 12.2 Å². The molecule has 1 aromatic rings. The second-order valence-electron chi connectivity index (χ2n) is 7.28. The van der Waals surface area contributed by atoms with E-state index in [1.807, 2.05) is 12.1 Å². The summed E-state index contributed by atoms with van der Waals surface area (Å²) >= 11 is 0. The van der Waals surface area contributed by atoms with Crippen molar-refractivity contribution in [1.29, 1.82) is 0 Å². The van der Waals surface area contributed by atoms with E-state index in [4.69, 9.17) is 10.2 Å². The van der Waals surface area contributed by atoms with Crippen LogP contribution in [0.25, 0.3) is 12.2 Å². The predicted octanol–water partition coefficient (Wildman–Crippen LogP) is 6.35. The van der Waals surface area contributed by atoms with Crippen LogP contribution in [0.5, 0.6) is 0 Å². The van der Waals surface area contributed by atoms with Crippen LogP contribution < -0.4 is 0 Å². The lowest BCUT2D eigenvalue weighted by molar-refractivity contribution is -0.132. The molecule has 1 rings (SSSR count). The van der Waals surface area contributed by atoms with Crippen molar-refractivity contribution in [3.8, 4) is 0 Å². The number of carboxylic acid groups (broad SMARTS) is 2. The van der Waals surface area contributed by atoms with Gasteiger partial charge in [-0.15, -0.1) is 0 Å². The molecule has 0 saturated carbocycles. The Morgan fingerprint density at radius 2 is 1.14 bits per heavy atom. The van der Waals surface area contributed by atoms with Gasteiger partial charge < -0.3 is 10.2 Å². The summed E-state index contributed by atoms with van der Waals surface area (Å²) in [5.74, 6) is -1.99. The van der Waals surface area contributed by atoms with Gasteiger partial charge >= 0.3 is 11.9 Å². The van der Waals surface area contributed by atoms with Crippen LogP contribution in [0.1, 0.15) is 87.8 Å². The minimum absolute atomic E-state index is 0.775. The second kappa shape index (κ2) is 14.7. The third-order valence-corrected chi connectivity index (χ3v) is 4.69. The topological polar surface area (TPSA) is 74.6 Å². The van der Waals surface area contributed by atoms with Gasteiger partial charge in [0.05, 0.1) is 0 Å². The smallest absolute Gasteiger partial charge is 0.328 e. The van der Waals surface area contributed by atoms with Crippen molar-refractivity contribution in [2.75, 3.05) is 0 Å². The van der Waals surface area contributed by atoms with Gasteiger partial charge in [0.2, 0.25) is 0 Å². The Balaban J connectivity index is 2.47. The van der Waals surface area contributed by atoms with Crippen LogP contribution in [0.4, 0.5) is 0 Å². The van der Waals surface area contributed by atoms with Gasteiger partial charge in [-0.1, -0.05) is 76.8 Å². The molecule has 0 amide bonds. The number of unbranched alkanes of at least 4 members (excludes halogenated alkanes) is 9. The van der Waals surface area contributed by atoms with Crippen LogP contribution in [0.2, 0.25) is 0 Å². The first-order chi connectivity index (χ1) is 13.5. The van der Waals surface area contributed by atoms with Crippen molar-refractivity contribution < 1.29 is 19.8 Å². The van der Waals surface area contributed by atoms with Gasteiger partial charge in [0.15, 0.2) is 0 Å². The Hall–Kier alpha value is -2.36. The number of aliphatic carboxylic acids is 2. The molecule has 0 heterocycles. The number of benzene rings is 1. The lowest BCUT2D eigenvalue weighted by Gasteiger charge is -2.06. The minimum atomic E-state index is -0.997. The van der Waals surface area contributed by atoms with Crippen molar-refractivity contribution in [2.24, 2.45) is 0 Å². The molecule has 0 saturated heterocycles. The molecular formula is C24H34O4. The van der Waals surface area contributed by atoms with Crippen LogP contribution in [-0.4, -0.2) is 22.2 Å². The van der Waals surface area contributed by atoms with Crippen molar-refractivity contribution in [3.05, 3.63) is 47.0 Å². The molecule has 4 nitrogen and oxygen atoms in total. The number of carboxylic acids is 2. The zero-order valence-corrected chi connectivity index (χ0v) is 17.0. The Bertz CT molecular complexity index is 616. The number of carbonyl (C=O) groups is 2. The van der Waals surface area contributed by atoms with E-state index in [1.165, 1.54) is 57.8 Å². The van der Waals surface area contributed by atoms with Crippen molar-refractivity contribution in [3.63, 3.8) is 0 Å². The summed E-state index contributed by atoms with van der Waals surface area (Å²) in [4.78, 5) is 21.5. The van der Waals surface area contributed by atoms with Crippen LogP contribution in [0.15, 0.2) is 30.4 Å². The van der Waals surface area contributed by atoms with E-state index < -0.39 is 11.9 Å². The second-order valence-corrected chi connectivity index (χ2v) is 7.28. The maximum atomic E-state index is 10.7. The zero-order valence-electron chi connectivity index (χ0n) is 17.0. The fourth-order valence-electron chi connectivity index (χ4n) is 3.23. The fraction of sp³-hybridized carbons (Fsp3) is 0.500. The Kier molecular flexibility index (Phi) is 12.4. The summed E-state index contributed by atoms with van der Waals surface area (Å²) in [5.41, 5.74) is 2.66. The van der Waals surface area contributed by atoms with E-state index in [0.717, 1.165) is 41.7 Å². The number of aryl methyl sites for hydroxylation is 1. The minimum Gasteiger partial charge on any atom is -0.478 e. The summed E-state index contributed by atoms with van der Waals surface area (Å²) in [5, 5.41) is 17.6. The molecule has 0 spiro atoms. The molecule has 0 aliphatic heterocycles. The molecular weight excluding hydrogens is 352 g/mol. The molecule has 0 fully saturated rings. The quantitative estimate of drug-likeness (QED) is 0.272. The summed E-state index contributed by atoms with van der Waals surface area (Å²) in [6.45, 7) is 2.24. The average molecular weight is 387 g/mol. The van der Waals surface area contributed by atoms with E-state index in [2.05, 4.69) is 6.92 Å². The molecule has 0 aliphatic carbocycles. The molecule has 0 unspecified atom stereocenters. The van der Waals surface area contributed by atoms with Crippen molar-refractivity contribution in [1.82, 2.24) is 0 Å². The summed E-state index contributed by atoms with van der Waals surface area (Å²) in [6, 6.07) is 5.75. The first-order valence-corrected chi connectivity index (χ1v) is 10.5. The molecule has 0 atom stereocenters. The Morgan fingerprint density at radius 3 is 1.57 bits per heavy atom. The van der Waals surface area contributed by atoms with Crippen molar-refractivity contribution >= 4 is 24.1 Å². The highest BCUT2D eigenvalue weighted by atomic mass is 16.4. The lowest BCUT2D eigenvalue weighted by Crippen LogP contribution is -1.92. The normalized spacial score (nSPS) is 11.5. The van der Waals surface area contributed by atoms with E-state index >= 15 is 0 Å². The average Bonchev–Trinajstić information content (AvgIpc) is 2.66. The molecule has 154 valence electrons. The number of hydrogen-bond acceptors (Lipinski definition) is 2. The van der Waals surface area contributed by atoms with E-state index in [0.29, 0.717) is 0 Å². The number of rotatable bonds is 15. The summed E-state index contributed by atoms with van der Waals surface area (Å²) in [6.07, 6.45) is 19.1. The molecule has 4 heteroatoms. The van der Waals surface area contributed by atoms with Crippen molar-refractivity contribution in [2.45, 2.75) is 77.6 Å². The zero-order chi connectivity index (χ0) is 20.6. The molecule has 2 N–H and O–H groups in total. The maximum Gasteiger partial charge on any atom is 0.328 e. The van der Waals surface area contributed by atoms with Gasteiger partial charge in [-0.3, -0.25) is 0 Å². The van der Waals surface area contributed by atoms with E-state index in [9.17, 15) is 9.59 Å². The third kappa shape index (κ3) is 12.1. The highest BCUT2D eigenvalue weighted by Gasteiger charge is 2.01. The molecule has 1 aromatic carbocycles. The first-order valence-electron chi connectivity index (χ1n) is 10.5. The summed E-state index contributed by atoms with van der Waals surface area (Å²) < 4.78 is 0. The fourth-order valence-corrected chi connectivity index (χ4v) is 3.23. The van der Waals surface area contributed by atoms with Crippen LogP contribution >= 0.6 is 0 Å². The standard InChI is InChI=1S/C24H34O4/c1-2-3-4-5-6-7-8-9-10-11-12-20-17-21(13-15-23(25)26)19-22(18-20)14-16-24(27)28/h13-19H,2-12H2,1H3,(H,25,26)(H,27,28)/b15-13-,16-14+. The van der Waals surface area contributed by atoms with Crippen LogP contribution in [0, 0.1) is 0 Å². The third-order valence-electron chi connectivity index (χ3n) is 4.69. The SMILES string of the molecule is CCCCCCCCCCCCc1cc(/C=C\C(=O)O)cc(/C=C/C(=O)O)c1. The van der Waals surface area contributed by atoms with Gasteiger partial charge in [-0.2, -0.15) is 0 Å². The highest BCUT2D eigenvalue weighted by Crippen LogP contribution is 2.17. The van der Waals surface area contributed by atoms with Gasteiger partial charge in [0.25, 0.3) is 0 Å². The molecule has 28 heavy (non-hydrogen) atoms. The Morgan fingerprint density at radius 1 is 0.714 bits per heavy atom. The maximum absolute atomic E-state index is 10.7. The molecule has 0 aliphatic rings. The van der Waals surface area contributed by atoms with Crippen LogP contribution in [-0.2, 0) is 16.0 Å². The predicted molar refractivity (Wildman–Crippen MR) is 115 cm³/mol.